The average Bonchev–Trinajstić information content (AvgIpc) is 3.12. The summed E-state index contributed by atoms with van der Waals surface area (Å²) in [6.45, 7) is 17.8. The van der Waals surface area contributed by atoms with Crippen LogP contribution in [0, 0.1) is 23.2 Å². The Kier molecular flexibility index (Phi) is 9.27. The van der Waals surface area contributed by atoms with Crippen molar-refractivity contribution >= 4 is 11.6 Å². The Morgan fingerprint density at radius 1 is 1.00 bits per heavy atom. The molecule has 0 amide bonds. The van der Waals surface area contributed by atoms with Gasteiger partial charge in [0, 0.05) is 25.0 Å². The van der Waals surface area contributed by atoms with E-state index in [-0.39, 0.29) is 47.8 Å². The molecule has 9 atom stereocenters. The van der Waals surface area contributed by atoms with Crippen LogP contribution in [0.2, 0.25) is 0 Å². The van der Waals surface area contributed by atoms with Crippen molar-refractivity contribution in [3.8, 4) is 0 Å². The Morgan fingerprint density at radius 3 is 2.21 bits per heavy atom. The van der Waals surface area contributed by atoms with Crippen molar-refractivity contribution in [2.75, 3.05) is 21.2 Å². The summed E-state index contributed by atoms with van der Waals surface area (Å²) in [5.74, 6) is -0.00435. The molecule has 7 heteroatoms. The van der Waals surface area contributed by atoms with Crippen LogP contribution in [0.25, 0.3) is 0 Å². The van der Waals surface area contributed by atoms with Crippen LogP contribution in [-0.4, -0.2) is 73.7 Å². The molecule has 2 heterocycles. The lowest BCUT2D eigenvalue weighted by Crippen LogP contribution is -2.55. The number of hydrogen-bond donors (Lipinski definition) is 0. The van der Waals surface area contributed by atoms with E-state index in [1.807, 2.05) is 40.7 Å². The molecule has 3 rings (SSSR count). The van der Waals surface area contributed by atoms with Gasteiger partial charge in [0.25, 0.3) is 5.95 Å². The van der Waals surface area contributed by atoms with Gasteiger partial charge in [-0.2, -0.15) is 0 Å². The molecule has 0 N–H and O–H groups in total. The third-order valence-corrected chi connectivity index (χ3v) is 9.17. The van der Waals surface area contributed by atoms with E-state index in [0.717, 1.165) is 12.8 Å². The zero-order valence-corrected chi connectivity index (χ0v) is 25.7. The van der Waals surface area contributed by atoms with Crippen LogP contribution in [0.4, 0.5) is 0 Å². The highest BCUT2D eigenvalue weighted by Gasteiger charge is 2.48. The number of allylic oxidation sites excluding steroid dienone is 2. The second-order valence-electron chi connectivity index (χ2n) is 13.3. The normalized spacial score (nSPS) is 43.9. The molecular formula is C31H51NO6. The minimum atomic E-state index is -0.829. The molecule has 6 unspecified atom stereocenters. The molecule has 3 aliphatic rings. The van der Waals surface area contributed by atoms with E-state index < -0.39 is 23.0 Å². The topological polar surface area (TPSA) is 74.3 Å². The van der Waals surface area contributed by atoms with Crippen molar-refractivity contribution in [1.29, 1.82) is 0 Å². The highest BCUT2D eigenvalue weighted by atomic mass is 16.7. The van der Waals surface area contributed by atoms with Gasteiger partial charge in [-0.1, -0.05) is 34.6 Å². The number of hydrogen-bond acceptors (Lipinski definition) is 7. The summed E-state index contributed by atoms with van der Waals surface area (Å²) in [4.78, 5) is 29.7. The van der Waals surface area contributed by atoms with Gasteiger partial charge in [-0.25, -0.2) is 0 Å². The summed E-state index contributed by atoms with van der Waals surface area (Å²) in [5.41, 5.74) is -0.192. The molecule has 0 aromatic heterocycles. The lowest BCUT2D eigenvalue weighted by molar-refractivity contribution is -0.178. The van der Waals surface area contributed by atoms with Gasteiger partial charge in [-0.05, 0) is 84.0 Å². The highest BCUT2D eigenvalue weighted by Crippen LogP contribution is 2.43. The minimum absolute atomic E-state index is 0.0598. The largest absolute Gasteiger partial charge is 0.457 e. The predicted octanol–water partition coefficient (Wildman–Crippen LogP) is 5.33. The number of methoxy groups -OCH3 is 1. The Hall–Kier alpha value is -1.70. The van der Waals surface area contributed by atoms with Gasteiger partial charge >= 0.3 is 0 Å². The molecule has 38 heavy (non-hydrogen) atoms. The van der Waals surface area contributed by atoms with Crippen LogP contribution in [-0.2, 0) is 28.5 Å². The maximum absolute atomic E-state index is 14.0. The molecule has 2 aliphatic heterocycles. The number of fused-ring (bicyclic) bond motifs is 2. The van der Waals surface area contributed by atoms with Crippen LogP contribution < -0.4 is 0 Å². The molecule has 0 spiro atoms. The van der Waals surface area contributed by atoms with Gasteiger partial charge in [0.05, 0.1) is 23.9 Å². The Labute approximate surface area is 230 Å². The van der Waals surface area contributed by atoms with E-state index in [1.165, 1.54) is 0 Å². The first-order valence-corrected chi connectivity index (χ1v) is 14.2. The molecule has 1 saturated carbocycles. The quantitative estimate of drug-likeness (QED) is 0.484. The molecule has 216 valence electrons. The first kappa shape index (κ1) is 30.8. The standard InChI is InChI=1S/C31H51NO6/c1-17-13-23(32(10)11)27(35-12)24(14-17)37-28-20(4)26(34)21(5)29-36-22(6)31(9,38-29)16-19(3)25(33)18(2)15-30(28,7)8/h16-18,20,22-24,27-28H,13-15H2,1-12H3/b19-16+,29-21-/t17-,18?,20+,22+,23?,24?,27?,28?,31?/m1/s1. The SMILES string of the molecule is COC1C(OC2[C@@H](C)C(=O)/C(C)=C3/O[C@@H](C)C(C)(/C=C(\C)C(=O)C(C)CC2(C)C)O3)C[C@H](C)CC1N(C)C. The first-order chi connectivity index (χ1) is 17.5. The Balaban J connectivity index is 2.08. The smallest absolute Gasteiger partial charge is 0.287 e. The molecule has 0 aromatic carbocycles. The van der Waals surface area contributed by atoms with Crippen molar-refractivity contribution in [3.63, 3.8) is 0 Å². The molecule has 2 bridgehead atoms. The van der Waals surface area contributed by atoms with E-state index in [9.17, 15) is 9.59 Å². The number of nitrogens with zero attached hydrogens (tertiary/aromatic N) is 1. The number of rotatable bonds is 4. The first-order valence-electron chi connectivity index (χ1n) is 14.2. The van der Waals surface area contributed by atoms with E-state index in [0.29, 0.717) is 23.5 Å². The number of carbonyl (C=O) groups is 2. The lowest BCUT2D eigenvalue weighted by atomic mass is 9.71. The van der Waals surface area contributed by atoms with Gasteiger partial charge in [-0.15, -0.1) is 0 Å². The summed E-state index contributed by atoms with van der Waals surface area (Å²) in [7, 11) is 5.90. The maximum atomic E-state index is 14.0. The van der Waals surface area contributed by atoms with Gasteiger partial charge in [0.15, 0.2) is 17.2 Å². The average molecular weight is 534 g/mol. The molecular weight excluding hydrogens is 482 g/mol. The van der Waals surface area contributed by atoms with Crippen molar-refractivity contribution in [2.45, 2.75) is 118 Å². The molecule has 1 saturated heterocycles. The van der Waals surface area contributed by atoms with Gasteiger partial charge in [-0.3, -0.25) is 9.59 Å². The summed E-state index contributed by atoms with van der Waals surface area (Å²) in [6, 6.07) is 0.217. The van der Waals surface area contributed by atoms with Crippen LogP contribution >= 0.6 is 0 Å². The third kappa shape index (κ3) is 6.05. The number of Topliss-reactive ketones (excluding diaryl/α,β-unsaturated/α-hetero) is 2. The van der Waals surface area contributed by atoms with Crippen LogP contribution in [0.1, 0.15) is 81.6 Å². The fourth-order valence-electron chi connectivity index (χ4n) is 6.90. The van der Waals surface area contributed by atoms with Crippen LogP contribution in [0.15, 0.2) is 23.2 Å². The summed E-state index contributed by atoms with van der Waals surface area (Å²) in [5, 5.41) is 0. The second kappa shape index (κ2) is 11.4. The van der Waals surface area contributed by atoms with Crippen LogP contribution in [0.5, 0.6) is 0 Å². The van der Waals surface area contributed by atoms with Crippen molar-refractivity contribution in [2.24, 2.45) is 23.2 Å². The van der Waals surface area contributed by atoms with E-state index in [4.69, 9.17) is 18.9 Å². The maximum Gasteiger partial charge on any atom is 0.287 e. The summed E-state index contributed by atoms with van der Waals surface area (Å²) >= 11 is 0. The highest BCUT2D eigenvalue weighted by molar-refractivity contribution is 5.98. The van der Waals surface area contributed by atoms with E-state index in [2.05, 4.69) is 39.8 Å². The van der Waals surface area contributed by atoms with E-state index >= 15 is 0 Å². The van der Waals surface area contributed by atoms with Gasteiger partial charge < -0.3 is 23.8 Å². The number of likely N-dealkylation sites (N-methyl/N-ethyl adjacent to an activating group) is 1. The Bertz CT molecular complexity index is 967. The van der Waals surface area contributed by atoms with E-state index in [1.54, 1.807) is 14.0 Å². The zero-order chi connectivity index (χ0) is 28.7. The molecule has 0 radical (unpaired) electrons. The fraction of sp³-hybridized carbons (Fsp3) is 0.806. The zero-order valence-electron chi connectivity index (χ0n) is 25.7. The van der Waals surface area contributed by atoms with Crippen molar-refractivity contribution < 1.29 is 28.5 Å². The monoisotopic (exact) mass is 533 g/mol. The van der Waals surface area contributed by atoms with Crippen molar-refractivity contribution in [3.05, 3.63) is 23.2 Å². The van der Waals surface area contributed by atoms with Crippen molar-refractivity contribution in [1.82, 2.24) is 4.90 Å². The summed E-state index contributed by atoms with van der Waals surface area (Å²) < 4.78 is 25.3. The molecule has 0 aromatic rings. The van der Waals surface area contributed by atoms with Crippen LogP contribution in [0.3, 0.4) is 0 Å². The van der Waals surface area contributed by atoms with Gasteiger partial charge in [0.2, 0.25) is 0 Å². The predicted molar refractivity (Wildman–Crippen MR) is 149 cm³/mol. The Morgan fingerprint density at radius 2 is 1.63 bits per heavy atom. The molecule has 7 nitrogen and oxygen atoms in total. The third-order valence-electron chi connectivity index (χ3n) is 9.17. The number of carbonyl (C=O) groups excluding carboxylic acids is 2. The molecule has 1 aliphatic carbocycles. The van der Waals surface area contributed by atoms with Gasteiger partial charge in [0.1, 0.15) is 6.10 Å². The second-order valence-corrected chi connectivity index (χ2v) is 13.3. The molecule has 2 fully saturated rings. The summed E-state index contributed by atoms with van der Waals surface area (Å²) in [6.07, 6.45) is 3.27. The fourth-order valence-corrected chi connectivity index (χ4v) is 6.90. The lowest BCUT2D eigenvalue weighted by Gasteiger charge is -2.47. The number of ether oxygens (including phenoxy) is 4. The minimum Gasteiger partial charge on any atom is -0.457 e. The number of ketones is 2.